The number of hydrogen-bond donors (Lipinski definition) is 4. The van der Waals surface area contributed by atoms with Crippen LogP contribution >= 0.6 is 11.6 Å². The molecule has 0 amide bonds. The molecule has 3 aromatic carbocycles. The van der Waals surface area contributed by atoms with Crippen LogP contribution in [0.25, 0.3) is 10.8 Å². The molecule has 0 aromatic heterocycles. The molecule has 3 rings (SSSR count). The number of halogens is 1. The van der Waals surface area contributed by atoms with Crippen LogP contribution in [0.3, 0.4) is 0 Å². The molecule has 16 heteroatoms. The van der Waals surface area contributed by atoms with Crippen LogP contribution in [0, 0.1) is 20.2 Å². The summed E-state index contributed by atoms with van der Waals surface area (Å²) in [4.78, 5) is 19.4. The van der Waals surface area contributed by atoms with Crippen molar-refractivity contribution >= 4 is 60.9 Å². The molecule has 0 saturated heterocycles. The largest absolute Gasteiger partial charge is 0.505 e. The summed E-state index contributed by atoms with van der Waals surface area (Å²) in [7, 11) is -5.06. The molecule has 0 fully saturated rings. The van der Waals surface area contributed by atoms with Crippen LogP contribution in [-0.4, -0.2) is 33.0 Å². The van der Waals surface area contributed by atoms with Gasteiger partial charge < -0.3 is 15.9 Å². The second-order valence-corrected chi connectivity index (χ2v) is 7.99. The zero-order valence-corrected chi connectivity index (χ0v) is 16.9. The number of nitro groups is 2. The Hall–Kier alpha value is -4.08. The standard InChI is InChI=1S/C16H10ClN5O9S/c17-9-3-8(22(27)28)5-11(15(9)23)19-20-14-12(32(29,30)31)2-6-1-7(21(25)26)4-10(18)13(6)16(14)24/h1-5,23-24H,18H2,(H,29,30,31). The van der Waals surface area contributed by atoms with Crippen molar-refractivity contribution in [3.63, 3.8) is 0 Å². The first kappa shape index (κ1) is 22.6. The Bertz CT molecular complexity index is 1460. The van der Waals surface area contributed by atoms with E-state index in [0.29, 0.717) is 0 Å². The molecule has 166 valence electrons. The van der Waals surface area contributed by atoms with E-state index in [9.17, 15) is 43.4 Å². The van der Waals surface area contributed by atoms with Crippen LogP contribution in [0.2, 0.25) is 5.02 Å². The number of fused-ring (bicyclic) bond motifs is 1. The summed E-state index contributed by atoms with van der Waals surface area (Å²) >= 11 is 5.71. The summed E-state index contributed by atoms with van der Waals surface area (Å²) in [6.45, 7) is 0. The van der Waals surface area contributed by atoms with Crippen molar-refractivity contribution in [2.45, 2.75) is 4.90 Å². The lowest BCUT2D eigenvalue weighted by Gasteiger charge is -2.10. The van der Waals surface area contributed by atoms with Crippen molar-refractivity contribution in [2.24, 2.45) is 10.2 Å². The highest BCUT2D eigenvalue weighted by Crippen LogP contribution is 2.46. The van der Waals surface area contributed by atoms with Crippen molar-refractivity contribution in [1.29, 1.82) is 0 Å². The summed E-state index contributed by atoms with van der Waals surface area (Å²) in [6.07, 6.45) is 0. The van der Waals surface area contributed by atoms with Crippen LogP contribution in [-0.2, 0) is 10.1 Å². The van der Waals surface area contributed by atoms with E-state index >= 15 is 0 Å². The fourth-order valence-corrected chi connectivity index (χ4v) is 3.62. The highest BCUT2D eigenvalue weighted by molar-refractivity contribution is 7.86. The van der Waals surface area contributed by atoms with Crippen LogP contribution in [0.4, 0.5) is 28.4 Å². The van der Waals surface area contributed by atoms with Crippen molar-refractivity contribution in [2.75, 3.05) is 5.73 Å². The zero-order chi connectivity index (χ0) is 24.0. The average Bonchev–Trinajstić information content (AvgIpc) is 2.68. The molecule has 0 radical (unpaired) electrons. The molecule has 0 heterocycles. The smallest absolute Gasteiger partial charge is 0.296 e. The summed E-state index contributed by atoms with van der Waals surface area (Å²) < 4.78 is 33.2. The lowest BCUT2D eigenvalue weighted by molar-refractivity contribution is -0.384. The van der Waals surface area contributed by atoms with Crippen molar-refractivity contribution in [3.8, 4) is 11.5 Å². The minimum absolute atomic E-state index is 0.206. The first-order valence-corrected chi connectivity index (χ1v) is 9.92. The zero-order valence-electron chi connectivity index (χ0n) is 15.3. The van der Waals surface area contributed by atoms with Gasteiger partial charge in [-0.1, -0.05) is 11.6 Å². The number of phenols is 2. The number of benzene rings is 3. The molecular formula is C16H10ClN5O9S. The molecule has 0 aliphatic carbocycles. The second kappa shape index (κ2) is 7.88. The Morgan fingerprint density at radius 2 is 1.53 bits per heavy atom. The normalized spacial score (nSPS) is 11.8. The van der Waals surface area contributed by atoms with Crippen LogP contribution in [0.5, 0.6) is 11.5 Å². The average molecular weight is 484 g/mol. The summed E-state index contributed by atoms with van der Waals surface area (Å²) in [5.41, 5.74) is 2.95. The van der Waals surface area contributed by atoms with Gasteiger partial charge in [0.1, 0.15) is 16.3 Å². The molecule has 0 aliphatic rings. The van der Waals surface area contributed by atoms with Gasteiger partial charge in [-0.05, 0) is 11.5 Å². The summed E-state index contributed by atoms with van der Waals surface area (Å²) in [5, 5.41) is 48.6. The van der Waals surface area contributed by atoms with Gasteiger partial charge >= 0.3 is 0 Å². The van der Waals surface area contributed by atoms with Gasteiger partial charge in [0.05, 0.1) is 20.6 Å². The Balaban J connectivity index is 2.32. The number of aromatic hydroxyl groups is 2. The van der Waals surface area contributed by atoms with E-state index in [0.717, 1.165) is 30.3 Å². The Morgan fingerprint density at radius 3 is 2.09 bits per heavy atom. The van der Waals surface area contributed by atoms with Gasteiger partial charge in [-0.25, -0.2) is 0 Å². The molecule has 0 aliphatic heterocycles. The maximum Gasteiger partial charge on any atom is 0.296 e. The predicted molar refractivity (Wildman–Crippen MR) is 110 cm³/mol. The number of anilines is 1. The molecule has 0 unspecified atom stereocenters. The minimum atomic E-state index is -5.06. The summed E-state index contributed by atoms with van der Waals surface area (Å²) in [6, 6.07) is 4.19. The number of nitrogen functional groups attached to an aromatic ring is 1. The second-order valence-electron chi connectivity index (χ2n) is 6.19. The molecule has 32 heavy (non-hydrogen) atoms. The number of rotatable bonds is 5. The maximum absolute atomic E-state index is 11.8. The van der Waals surface area contributed by atoms with Gasteiger partial charge in [0, 0.05) is 29.7 Å². The Labute approximate surface area is 182 Å². The molecule has 0 spiro atoms. The molecule has 0 bridgehead atoms. The first-order chi connectivity index (χ1) is 14.8. The third-order valence-electron chi connectivity index (χ3n) is 4.15. The van der Waals surface area contributed by atoms with E-state index in [1.54, 1.807) is 0 Å². The number of azo groups is 1. The van der Waals surface area contributed by atoms with Crippen molar-refractivity contribution in [3.05, 3.63) is 55.6 Å². The monoisotopic (exact) mass is 483 g/mol. The number of nitrogens with two attached hydrogens (primary N) is 1. The third kappa shape index (κ3) is 4.07. The molecule has 5 N–H and O–H groups in total. The van der Waals surface area contributed by atoms with E-state index in [1.165, 1.54) is 0 Å². The fraction of sp³-hybridized carbons (Fsp3) is 0. The number of nitrogens with zero attached hydrogens (tertiary/aromatic N) is 4. The van der Waals surface area contributed by atoms with Gasteiger partial charge in [-0.2, -0.15) is 8.42 Å². The highest BCUT2D eigenvalue weighted by Gasteiger charge is 2.25. The molecule has 14 nitrogen and oxygen atoms in total. The third-order valence-corrected chi connectivity index (χ3v) is 5.31. The first-order valence-electron chi connectivity index (χ1n) is 8.11. The topological polar surface area (TPSA) is 232 Å². The Morgan fingerprint density at radius 1 is 0.938 bits per heavy atom. The number of phenolic OH excluding ortho intramolecular Hbond substituents is 2. The van der Waals surface area contributed by atoms with Gasteiger partial charge in [0.2, 0.25) is 0 Å². The summed E-state index contributed by atoms with van der Waals surface area (Å²) in [5.74, 6) is -1.65. The molecular weight excluding hydrogens is 474 g/mol. The lowest BCUT2D eigenvalue weighted by atomic mass is 10.1. The fourth-order valence-electron chi connectivity index (χ4n) is 2.76. The van der Waals surface area contributed by atoms with E-state index in [1.807, 2.05) is 0 Å². The molecule has 0 saturated carbocycles. The van der Waals surface area contributed by atoms with Crippen molar-refractivity contribution in [1.82, 2.24) is 0 Å². The van der Waals surface area contributed by atoms with Crippen LogP contribution in [0.1, 0.15) is 0 Å². The van der Waals surface area contributed by atoms with Crippen molar-refractivity contribution < 1.29 is 33.0 Å². The van der Waals surface area contributed by atoms with Gasteiger partial charge in [-0.15, -0.1) is 10.2 Å². The maximum atomic E-state index is 11.8. The molecule has 3 aromatic rings. The number of hydrogen-bond acceptors (Lipinski definition) is 11. The van der Waals surface area contributed by atoms with Crippen LogP contribution < -0.4 is 5.73 Å². The van der Waals surface area contributed by atoms with E-state index < -0.39 is 64.1 Å². The number of nitro benzene ring substituents is 2. The van der Waals surface area contributed by atoms with Gasteiger partial charge in [0.15, 0.2) is 11.5 Å². The lowest BCUT2D eigenvalue weighted by Crippen LogP contribution is -2.00. The predicted octanol–water partition coefficient (Wildman–Crippen LogP) is 3.97. The Kier molecular flexibility index (Phi) is 5.56. The quantitative estimate of drug-likeness (QED) is 0.134. The SMILES string of the molecule is Nc1cc([N+](=O)[O-])cc2cc(S(=O)(=O)O)c(N=Nc3cc([N+](=O)[O-])cc(Cl)c3O)c(O)c12. The minimum Gasteiger partial charge on any atom is -0.505 e. The van der Waals surface area contributed by atoms with E-state index in [-0.39, 0.29) is 16.5 Å². The highest BCUT2D eigenvalue weighted by atomic mass is 35.5. The van der Waals surface area contributed by atoms with E-state index in [2.05, 4.69) is 10.2 Å². The molecule has 0 atom stereocenters. The van der Waals surface area contributed by atoms with Gasteiger partial charge in [-0.3, -0.25) is 24.8 Å². The van der Waals surface area contributed by atoms with Gasteiger partial charge in [0.25, 0.3) is 21.5 Å². The number of non-ortho nitro benzene ring substituents is 2. The van der Waals surface area contributed by atoms with E-state index in [4.69, 9.17) is 17.3 Å². The van der Waals surface area contributed by atoms with Crippen LogP contribution in [0.15, 0.2) is 45.5 Å².